The van der Waals surface area contributed by atoms with E-state index >= 15 is 0 Å². The number of nitrogens with one attached hydrogen (secondary N) is 1. The van der Waals surface area contributed by atoms with Gasteiger partial charge in [-0.05, 0) is 43.7 Å². The number of ether oxygens (including phenoxy) is 1. The molecule has 7 nitrogen and oxygen atoms in total. The van der Waals surface area contributed by atoms with Crippen LogP contribution in [0.2, 0.25) is 0 Å². The number of carbonyl (C=O) groups is 1. The zero-order valence-corrected chi connectivity index (χ0v) is 17.2. The monoisotopic (exact) mass is 407 g/mol. The molecule has 1 spiro atoms. The zero-order valence-electron chi connectivity index (χ0n) is 16.3. The van der Waals surface area contributed by atoms with Crippen molar-refractivity contribution in [3.05, 3.63) is 30.1 Å². The molecular weight excluding hydrogens is 378 g/mol. The highest BCUT2D eigenvalue weighted by Gasteiger charge is 2.63. The Balaban J connectivity index is 1.28. The second-order valence-electron chi connectivity index (χ2n) is 8.49. The summed E-state index contributed by atoms with van der Waals surface area (Å²) in [6, 6.07) is 4.00. The van der Waals surface area contributed by atoms with Gasteiger partial charge in [-0.25, -0.2) is 13.1 Å². The molecule has 154 valence electrons. The maximum atomic E-state index is 12.7. The average Bonchev–Trinajstić information content (AvgIpc) is 3.32. The van der Waals surface area contributed by atoms with Crippen molar-refractivity contribution in [2.24, 2.45) is 11.8 Å². The van der Waals surface area contributed by atoms with Crippen LogP contribution >= 0.6 is 0 Å². The number of carbonyl (C=O) groups excluding carboxylic acids is 1. The third kappa shape index (κ3) is 4.09. The highest BCUT2D eigenvalue weighted by molar-refractivity contribution is 7.88. The quantitative estimate of drug-likeness (QED) is 0.657. The number of hydrogen-bond donors (Lipinski definition) is 1. The Kier molecular flexibility index (Phi) is 5.46. The van der Waals surface area contributed by atoms with E-state index in [4.69, 9.17) is 4.74 Å². The van der Waals surface area contributed by atoms with Crippen molar-refractivity contribution < 1.29 is 17.9 Å². The van der Waals surface area contributed by atoms with E-state index in [9.17, 15) is 13.2 Å². The molecule has 3 aliphatic heterocycles. The molecule has 1 N–H and O–H groups in total. The fourth-order valence-corrected chi connectivity index (χ4v) is 5.71. The van der Waals surface area contributed by atoms with Gasteiger partial charge in [-0.3, -0.25) is 9.78 Å². The minimum absolute atomic E-state index is 0.121. The zero-order chi connectivity index (χ0) is 19.8. The van der Waals surface area contributed by atoms with E-state index in [1.54, 1.807) is 6.20 Å². The lowest BCUT2D eigenvalue weighted by atomic mass is 9.74. The number of likely N-dealkylation sites (tertiary alicyclic amines) is 1. The number of rotatable bonds is 8. The first-order chi connectivity index (χ1) is 13.4. The Morgan fingerprint density at radius 1 is 1.43 bits per heavy atom. The van der Waals surface area contributed by atoms with Gasteiger partial charge in [-0.1, -0.05) is 6.07 Å². The highest BCUT2D eigenvalue weighted by Crippen LogP contribution is 2.54. The van der Waals surface area contributed by atoms with Crippen molar-refractivity contribution in [3.63, 3.8) is 0 Å². The van der Waals surface area contributed by atoms with Gasteiger partial charge >= 0.3 is 0 Å². The van der Waals surface area contributed by atoms with Crippen molar-refractivity contribution >= 4 is 15.9 Å². The fraction of sp³-hybridized carbons (Fsp3) is 0.700. The van der Waals surface area contributed by atoms with E-state index < -0.39 is 10.0 Å². The topological polar surface area (TPSA) is 88.6 Å². The fourth-order valence-electron chi connectivity index (χ4n) is 5.21. The maximum Gasteiger partial charge on any atom is 0.222 e. The summed E-state index contributed by atoms with van der Waals surface area (Å²) >= 11 is 0. The average molecular weight is 408 g/mol. The number of nitrogens with zero attached hydrogens (tertiary/aromatic N) is 2. The van der Waals surface area contributed by atoms with Gasteiger partial charge in [-0.15, -0.1) is 0 Å². The first-order valence-electron chi connectivity index (χ1n) is 10.2. The Morgan fingerprint density at radius 3 is 3.04 bits per heavy atom. The minimum atomic E-state index is -3.22. The largest absolute Gasteiger partial charge is 0.369 e. The molecular formula is C20H29N3O4S. The van der Waals surface area contributed by atoms with Crippen LogP contribution in [0.4, 0.5) is 0 Å². The van der Waals surface area contributed by atoms with Crippen LogP contribution in [-0.2, 0) is 26.0 Å². The van der Waals surface area contributed by atoms with Crippen molar-refractivity contribution in [2.75, 3.05) is 25.9 Å². The summed E-state index contributed by atoms with van der Waals surface area (Å²) in [6.45, 7) is 1.75. The Bertz CT molecular complexity index is 816. The molecule has 0 unspecified atom stereocenters. The molecule has 1 amide bonds. The molecule has 1 aromatic heterocycles. The number of hydrogen-bond acceptors (Lipinski definition) is 5. The molecule has 4 heterocycles. The van der Waals surface area contributed by atoms with Crippen LogP contribution in [0.5, 0.6) is 0 Å². The van der Waals surface area contributed by atoms with Crippen molar-refractivity contribution in [1.82, 2.24) is 14.6 Å². The summed E-state index contributed by atoms with van der Waals surface area (Å²) in [5.74, 6) is 0.587. The number of sulfonamides is 1. The van der Waals surface area contributed by atoms with Crippen molar-refractivity contribution in [2.45, 2.75) is 50.2 Å². The van der Waals surface area contributed by atoms with Crippen LogP contribution in [0.25, 0.3) is 0 Å². The highest BCUT2D eigenvalue weighted by atomic mass is 32.2. The van der Waals surface area contributed by atoms with Crippen LogP contribution in [0.1, 0.15) is 37.7 Å². The molecule has 3 saturated heterocycles. The number of unbranched alkanes of at least 4 members (excludes halogenated alkanes) is 1. The summed E-state index contributed by atoms with van der Waals surface area (Å²) in [5.41, 5.74) is 0.955. The second kappa shape index (κ2) is 7.72. The van der Waals surface area contributed by atoms with Crippen LogP contribution < -0.4 is 4.72 Å². The second-order valence-corrected chi connectivity index (χ2v) is 10.3. The molecule has 4 rings (SSSR count). The van der Waals surface area contributed by atoms with Gasteiger partial charge in [0.05, 0.1) is 24.5 Å². The van der Waals surface area contributed by atoms with Crippen LogP contribution in [0.15, 0.2) is 24.5 Å². The van der Waals surface area contributed by atoms with Gasteiger partial charge in [0.25, 0.3) is 0 Å². The van der Waals surface area contributed by atoms with E-state index in [0.717, 1.165) is 32.1 Å². The molecule has 8 heteroatoms. The lowest BCUT2D eigenvalue weighted by Crippen LogP contribution is -2.41. The predicted molar refractivity (Wildman–Crippen MR) is 105 cm³/mol. The first-order valence-corrected chi connectivity index (χ1v) is 12.0. The van der Waals surface area contributed by atoms with Gasteiger partial charge in [0.15, 0.2) is 0 Å². The summed E-state index contributed by atoms with van der Waals surface area (Å²) in [7, 11) is -3.22. The summed E-state index contributed by atoms with van der Waals surface area (Å²) in [6.07, 6.45) is 10.2. The normalized spacial score (nSPS) is 31.3. The van der Waals surface area contributed by atoms with Crippen LogP contribution in [0.3, 0.4) is 0 Å². The third-order valence-electron chi connectivity index (χ3n) is 6.55. The molecule has 3 fully saturated rings. The molecule has 0 aromatic carbocycles. The SMILES string of the molecule is CS(=O)(=O)NC[C@H]1[C@H]2CN(C(=O)CCCCc3cccnc3)C[C@]23CC[C@H]1O3. The molecule has 0 aliphatic carbocycles. The van der Waals surface area contributed by atoms with Gasteiger partial charge in [0.2, 0.25) is 15.9 Å². The summed E-state index contributed by atoms with van der Waals surface area (Å²) in [5, 5.41) is 0. The lowest BCUT2D eigenvalue weighted by molar-refractivity contribution is -0.131. The van der Waals surface area contributed by atoms with Crippen molar-refractivity contribution in [1.29, 1.82) is 0 Å². The molecule has 0 radical (unpaired) electrons. The van der Waals surface area contributed by atoms with Gasteiger partial charge in [-0.2, -0.15) is 0 Å². The molecule has 3 aliphatic rings. The smallest absolute Gasteiger partial charge is 0.222 e. The molecule has 28 heavy (non-hydrogen) atoms. The van der Waals surface area contributed by atoms with E-state index in [1.165, 1.54) is 11.8 Å². The molecule has 1 aromatic rings. The van der Waals surface area contributed by atoms with E-state index in [2.05, 4.69) is 15.8 Å². The molecule has 2 bridgehead atoms. The standard InChI is InChI=1S/C20H29N3O4S/c1-28(25,26)22-12-16-17-13-23(14-20(17)9-8-18(16)27-20)19(24)7-3-2-5-15-6-4-10-21-11-15/h4,6,10-11,16-18,22H,2-3,5,7-9,12-14H2,1H3/t16-,17+,18+,20+/m0/s1. The number of aromatic nitrogens is 1. The van der Waals surface area contributed by atoms with Crippen LogP contribution in [0, 0.1) is 11.8 Å². The number of aryl methyl sites for hydroxylation is 1. The lowest BCUT2D eigenvalue weighted by Gasteiger charge is -2.29. The van der Waals surface area contributed by atoms with Crippen LogP contribution in [-0.4, -0.2) is 61.8 Å². The minimum Gasteiger partial charge on any atom is -0.369 e. The van der Waals surface area contributed by atoms with E-state index in [-0.39, 0.29) is 29.4 Å². The maximum absolute atomic E-state index is 12.7. The van der Waals surface area contributed by atoms with E-state index in [1.807, 2.05) is 17.2 Å². The Labute approximate surface area is 166 Å². The van der Waals surface area contributed by atoms with E-state index in [0.29, 0.717) is 26.1 Å². The summed E-state index contributed by atoms with van der Waals surface area (Å²) < 4.78 is 31.9. The number of fused-ring (bicyclic) bond motifs is 1. The van der Waals surface area contributed by atoms with Gasteiger partial charge < -0.3 is 9.64 Å². The van der Waals surface area contributed by atoms with Gasteiger partial charge in [0.1, 0.15) is 0 Å². The number of amides is 1. The van der Waals surface area contributed by atoms with Crippen molar-refractivity contribution in [3.8, 4) is 0 Å². The Morgan fingerprint density at radius 2 is 2.29 bits per heavy atom. The van der Waals surface area contributed by atoms with Gasteiger partial charge in [0, 0.05) is 43.7 Å². The Hall–Kier alpha value is -1.51. The predicted octanol–water partition coefficient (Wildman–Crippen LogP) is 1.35. The third-order valence-corrected chi connectivity index (χ3v) is 7.24. The number of pyridine rings is 1. The summed E-state index contributed by atoms with van der Waals surface area (Å²) in [4.78, 5) is 18.8. The first kappa shape index (κ1) is 19.8. The molecule has 0 saturated carbocycles. The molecule has 4 atom stereocenters.